The zero-order valence-corrected chi connectivity index (χ0v) is 19.3. The van der Waals surface area contributed by atoms with E-state index in [9.17, 15) is 4.79 Å². The molecule has 3 N–H and O–H groups in total. The number of likely N-dealkylation sites (tertiary alicyclic amines) is 1. The topological polar surface area (TPSA) is 110 Å². The number of carboxylic acids is 1. The second-order valence-electron chi connectivity index (χ2n) is 8.98. The first-order chi connectivity index (χ1) is 16.4. The lowest BCUT2D eigenvalue weighted by Gasteiger charge is -2.36. The van der Waals surface area contributed by atoms with Gasteiger partial charge in [0.2, 0.25) is 0 Å². The van der Waals surface area contributed by atoms with Gasteiger partial charge in [0.25, 0.3) is 0 Å². The van der Waals surface area contributed by atoms with Crippen LogP contribution < -0.4 is 5.73 Å². The monoisotopic (exact) mass is 456 g/mol. The van der Waals surface area contributed by atoms with Crippen LogP contribution in [0.1, 0.15) is 53.3 Å². The number of pyridine rings is 1. The van der Waals surface area contributed by atoms with Gasteiger partial charge in [0.1, 0.15) is 11.5 Å². The summed E-state index contributed by atoms with van der Waals surface area (Å²) < 4.78 is 2.17. The fourth-order valence-corrected chi connectivity index (χ4v) is 5.05. The maximum atomic E-state index is 11.1. The lowest BCUT2D eigenvalue weighted by Crippen LogP contribution is -2.35. The third-order valence-corrected chi connectivity index (χ3v) is 7.06. The summed E-state index contributed by atoms with van der Waals surface area (Å²) in [7, 11) is 2.07. The molecule has 0 aliphatic carbocycles. The second kappa shape index (κ2) is 8.87. The molecular formula is C26H28N6O2. The van der Waals surface area contributed by atoms with Gasteiger partial charge < -0.3 is 15.4 Å². The summed E-state index contributed by atoms with van der Waals surface area (Å²) in [6.45, 7) is 4.22. The lowest BCUT2D eigenvalue weighted by molar-refractivity contribution is 0.0697. The summed E-state index contributed by atoms with van der Waals surface area (Å²) in [6, 6.07) is 15.4. The van der Waals surface area contributed by atoms with E-state index in [1.807, 2.05) is 30.5 Å². The Bertz CT molecular complexity index is 1320. The van der Waals surface area contributed by atoms with Crippen LogP contribution in [0.3, 0.4) is 0 Å². The predicted molar refractivity (Wildman–Crippen MR) is 132 cm³/mol. The third kappa shape index (κ3) is 4.01. The predicted octanol–water partition coefficient (Wildman–Crippen LogP) is 4.25. The molecule has 174 valence electrons. The van der Waals surface area contributed by atoms with Crippen LogP contribution >= 0.6 is 0 Å². The molecule has 8 heteroatoms. The van der Waals surface area contributed by atoms with Crippen LogP contribution in [0.15, 0.2) is 54.7 Å². The number of hydrogen-bond donors (Lipinski definition) is 2. The minimum absolute atomic E-state index is 0.236. The van der Waals surface area contributed by atoms with Crippen molar-refractivity contribution in [3.8, 4) is 11.3 Å². The molecule has 0 spiro atoms. The van der Waals surface area contributed by atoms with Gasteiger partial charge in [-0.1, -0.05) is 12.1 Å². The van der Waals surface area contributed by atoms with Crippen LogP contribution in [0, 0.1) is 0 Å². The van der Waals surface area contributed by atoms with E-state index in [0.717, 1.165) is 48.2 Å². The van der Waals surface area contributed by atoms with Gasteiger partial charge in [-0.2, -0.15) is 0 Å². The van der Waals surface area contributed by atoms with Gasteiger partial charge in [0.15, 0.2) is 0 Å². The number of rotatable bonds is 5. The third-order valence-electron chi connectivity index (χ3n) is 7.06. The highest BCUT2D eigenvalue weighted by Gasteiger charge is 2.27. The summed E-state index contributed by atoms with van der Waals surface area (Å²) in [5, 5.41) is 18.5. The highest BCUT2D eigenvalue weighted by molar-refractivity contribution is 5.93. The molecule has 0 saturated carbocycles. The zero-order valence-electron chi connectivity index (χ0n) is 19.3. The van der Waals surface area contributed by atoms with Crippen molar-refractivity contribution in [2.24, 2.45) is 7.05 Å². The molecule has 34 heavy (non-hydrogen) atoms. The smallest absolute Gasteiger partial charge is 0.335 e. The molecule has 0 bridgehead atoms. The Balaban J connectivity index is 1.35. The number of anilines is 1. The van der Waals surface area contributed by atoms with Gasteiger partial charge in [0, 0.05) is 35.9 Å². The zero-order chi connectivity index (χ0) is 23.8. The van der Waals surface area contributed by atoms with Crippen LogP contribution in [0.25, 0.3) is 22.3 Å². The van der Waals surface area contributed by atoms with Crippen molar-refractivity contribution in [3.63, 3.8) is 0 Å². The average Bonchev–Trinajstić information content (AvgIpc) is 3.21. The number of aromatic carboxylic acids is 1. The molecule has 0 radical (unpaired) electrons. The highest BCUT2D eigenvalue weighted by atomic mass is 16.4. The normalized spacial score (nSPS) is 16.1. The number of nitrogen functional groups attached to an aromatic ring is 1. The fraction of sp³-hybridized carbons (Fsp3) is 0.308. The van der Waals surface area contributed by atoms with Crippen LogP contribution in [0.2, 0.25) is 0 Å². The number of carbonyl (C=O) groups is 1. The van der Waals surface area contributed by atoms with E-state index in [2.05, 4.69) is 44.7 Å². The van der Waals surface area contributed by atoms with Gasteiger partial charge >= 0.3 is 5.97 Å². The van der Waals surface area contributed by atoms with E-state index in [4.69, 9.17) is 10.8 Å². The summed E-state index contributed by atoms with van der Waals surface area (Å²) in [5.74, 6) is -0.0278. The number of piperidine rings is 1. The minimum atomic E-state index is -0.883. The Morgan fingerprint density at radius 3 is 2.47 bits per heavy atom. The molecule has 1 atom stereocenters. The number of nitrogens with zero attached hydrogens (tertiary/aromatic N) is 5. The molecule has 3 aromatic heterocycles. The van der Waals surface area contributed by atoms with Gasteiger partial charge in [-0.3, -0.25) is 4.90 Å². The van der Waals surface area contributed by atoms with Gasteiger partial charge in [-0.05, 0) is 80.7 Å². The first-order valence-electron chi connectivity index (χ1n) is 11.5. The number of aryl methyl sites for hydroxylation is 1. The molecule has 1 aliphatic rings. The van der Waals surface area contributed by atoms with E-state index in [0.29, 0.717) is 17.3 Å². The SMILES string of the molecule is C[C@@H](c1cc2c(-c3ccc(N)nn3)ccnc2n1C)N1CCC(c2ccc(C(=O)O)cc2)CC1. The Morgan fingerprint density at radius 1 is 1.09 bits per heavy atom. The van der Waals surface area contributed by atoms with Crippen molar-refractivity contribution in [2.45, 2.75) is 31.7 Å². The molecule has 1 saturated heterocycles. The average molecular weight is 457 g/mol. The van der Waals surface area contributed by atoms with Crippen molar-refractivity contribution in [1.29, 1.82) is 0 Å². The first-order valence-corrected chi connectivity index (χ1v) is 11.5. The van der Waals surface area contributed by atoms with Crippen molar-refractivity contribution < 1.29 is 9.90 Å². The van der Waals surface area contributed by atoms with Crippen molar-refractivity contribution in [1.82, 2.24) is 24.6 Å². The summed E-state index contributed by atoms with van der Waals surface area (Å²) >= 11 is 0. The van der Waals surface area contributed by atoms with Crippen LogP contribution in [0.5, 0.6) is 0 Å². The molecule has 1 aromatic carbocycles. The van der Waals surface area contributed by atoms with Gasteiger partial charge in [-0.25, -0.2) is 9.78 Å². The Morgan fingerprint density at radius 2 is 1.82 bits per heavy atom. The minimum Gasteiger partial charge on any atom is -0.478 e. The molecule has 1 fully saturated rings. The number of fused-ring (bicyclic) bond motifs is 1. The van der Waals surface area contributed by atoms with E-state index < -0.39 is 5.97 Å². The quantitative estimate of drug-likeness (QED) is 0.462. The van der Waals surface area contributed by atoms with Crippen LogP contribution in [-0.2, 0) is 7.05 Å². The number of aromatic nitrogens is 4. The maximum Gasteiger partial charge on any atom is 0.335 e. The molecule has 5 rings (SSSR count). The van der Waals surface area contributed by atoms with E-state index in [1.165, 1.54) is 11.3 Å². The van der Waals surface area contributed by atoms with Crippen LogP contribution in [-0.4, -0.2) is 48.8 Å². The van der Waals surface area contributed by atoms with E-state index in [-0.39, 0.29) is 6.04 Å². The second-order valence-corrected chi connectivity index (χ2v) is 8.98. The standard InChI is InChI=1S/C26H28N6O2/c1-16(32-13-10-18(11-14-32)17-3-5-19(6-4-17)26(33)34)23-15-21-20(9-12-28-25(21)31(23)2)22-7-8-24(27)30-29-22/h3-9,12,15-16,18H,10-11,13-14H2,1-2H3,(H2,27,30)(H,33,34)/t16-/m0/s1. The number of hydrogen-bond acceptors (Lipinski definition) is 6. The number of carboxylic acid groups (broad SMARTS) is 1. The van der Waals surface area contributed by atoms with E-state index in [1.54, 1.807) is 18.2 Å². The maximum absolute atomic E-state index is 11.1. The summed E-state index contributed by atoms with van der Waals surface area (Å²) in [6.07, 6.45) is 3.90. The Labute approximate surface area is 198 Å². The number of benzene rings is 1. The highest BCUT2D eigenvalue weighted by Crippen LogP contribution is 2.35. The molecule has 0 amide bonds. The van der Waals surface area contributed by atoms with Crippen molar-refractivity contribution in [2.75, 3.05) is 18.8 Å². The van der Waals surface area contributed by atoms with Crippen LogP contribution in [0.4, 0.5) is 5.82 Å². The Hall–Kier alpha value is -3.78. The number of nitrogens with two attached hydrogens (primary N) is 1. The van der Waals surface area contributed by atoms with Crippen molar-refractivity contribution >= 4 is 22.8 Å². The molecular weight excluding hydrogens is 428 g/mol. The fourth-order valence-electron chi connectivity index (χ4n) is 5.05. The van der Waals surface area contributed by atoms with Gasteiger partial charge in [-0.15, -0.1) is 10.2 Å². The van der Waals surface area contributed by atoms with E-state index >= 15 is 0 Å². The Kier molecular flexibility index (Phi) is 5.75. The summed E-state index contributed by atoms with van der Waals surface area (Å²) in [4.78, 5) is 18.3. The van der Waals surface area contributed by atoms with Gasteiger partial charge in [0.05, 0.1) is 11.3 Å². The van der Waals surface area contributed by atoms with Crippen molar-refractivity contribution in [3.05, 3.63) is 71.5 Å². The molecule has 8 nitrogen and oxygen atoms in total. The largest absolute Gasteiger partial charge is 0.478 e. The molecule has 4 heterocycles. The summed E-state index contributed by atoms with van der Waals surface area (Å²) in [5.41, 5.74) is 11.2. The lowest BCUT2D eigenvalue weighted by atomic mass is 9.88. The molecule has 0 unspecified atom stereocenters. The molecule has 4 aromatic rings. The molecule has 1 aliphatic heterocycles. The first kappa shape index (κ1) is 22.0.